The highest BCUT2D eigenvalue weighted by atomic mass is 19.1. The molecule has 0 aliphatic heterocycles. The third-order valence-electron chi connectivity index (χ3n) is 5.51. The molecule has 27 heavy (non-hydrogen) atoms. The molecule has 1 aliphatic carbocycles. The van der Waals surface area contributed by atoms with Gasteiger partial charge in [-0.3, -0.25) is 0 Å². The van der Waals surface area contributed by atoms with Crippen molar-refractivity contribution in [1.29, 1.82) is 0 Å². The Bertz CT molecular complexity index is 795. The van der Waals surface area contributed by atoms with E-state index in [1.54, 1.807) is 30.3 Å². The van der Waals surface area contributed by atoms with Crippen LogP contribution in [0, 0.1) is 11.6 Å². The van der Waals surface area contributed by atoms with Gasteiger partial charge in [0.25, 0.3) is 0 Å². The number of aldehydes is 1. The summed E-state index contributed by atoms with van der Waals surface area (Å²) < 4.78 is 35.2. The monoisotopic (exact) mass is 372 g/mol. The molecule has 0 unspecified atom stereocenters. The van der Waals surface area contributed by atoms with Gasteiger partial charge in [0.1, 0.15) is 12.1 Å². The molecule has 0 saturated heterocycles. The Kier molecular flexibility index (Phi) is 6.25. The lowest BCUT2D eigenvalue weighted by atomic mass is 9.70. The predicted octanol–water partition coefficient (Wildman–Crippen LogP) is 6.21. The number of carbonyl (C=O) groups is 1. The van der Waals surface area contributed by atoms with Crippen LogP contribution in [-0.4, -0.2) is 12.9 Å². The molecule has 0 N–H and O–H groups in total. The van der Waals surface area contributed by atoms with Crippen LogP contribution in [-0.2, 0) is 10.2 Å². The number of hydrogen-bond acceptors (Lipinski definition) is 2. The van der Waals surface area contributed by atoms with E-state index in [-0.39, 0.29) is 5.75 Å². The minimum absolute atomic E-state index is 0.182. The average Bonchev–Trinajstić information content (AvgIpc) is 2.70. The van der Waals surface area contributed by atoms with E-state index < -0.39 is 17.0 Å². The van der Waals surface area contributed by atoms with Gasteiger partial charge in [0.15, 0.2) is 11.6 Å². The molecule has 1 aliphatic rings. The van der Waals surface area contributed by atoms with Gasteiger partial charge in [-0.05, 0) is 37.0 Å². The van der Waals surface area contributed by atoms with Crippen molar-refractivity contribution in [3.63, 3.8) is 0 Å². The van der Waals surface area contributed by atoms with Crippen molar-refractivity contribution in [2.24, 2.45) is 0 Å². The molecule has 0 radical (unpaired) electrons. The Morgan fingerprint density at radius 3 is 2.56 bits per heavy atom. The molecule has 0 atom stereocenters. The molecule has 144 valence electrons. The molecule has 0 amide bonds. The second-order valence-corrected chi connectivity index (χ2v) is 7.35. The number of unbranched alkanes of at least 4 members (excludes halogenated alkanes) is 1. The van der Waals surface area contributed by atoms with E-state index in [0.717, 1.165) is 38.4 Å². The minimum Gasteiger partial charge on any atom is -0.490 e. The molecule has 2 aromatic rings. The maximum Gasteiger partial charge on any atom is 0.172 e. The molecule has 2 aromatic carbocycles. The predicted molar refractivity (Wildman–Crippen MR) is 103 cm³/mol. The molecule has 0 bridgehead atoms. The summed E-state index contributed by atoms with van der Waals surface area (Å²) >= 11 is 0. The zero-order valence-electron chi connectivity index (χ0n) is 15.8. The maximum atomic E-state index is 14.9. The van der Waals surface area contributed by atoms with E-state index in [4.69, 9.17) is 4.74 Å². The van der Waals surface area contributed by atoms with Crippen LogP contribution in [0.15, 0.2) is 36.4 Å². The summed E-state index contributed by atoms with van der Waals surface area (Å²) in [6.45, 7) is 2.49. The Labute approximate surface area is 159 Å². The van der Waals surface area contributed by atoms with Gasteiger partial charge in [-0.1, -0.05) is 56.9 Å². The van der Waals surface area contributed by atoms with Gasteiger partial charge in [0.2, 0.25) is 0 Å². The molecular weight excluding hydrogens is 346 g/mol. The largest absolute Gasteiger partial charge is 0.490 e. The Morgan fingerprint density at radius 2 is 1.89 bits per heavy atom. The van der Waals surface area contributed by atoms with Crippen LogP contribution in [0.1, 0.15) is 57.4 Å². The average molecular weight is 372 g/mol. The first-order valence-electron chi connectivity index (χ1n) is 9.79. The van der Waals surface area contributed by atoms with Crippen LogP contribution in [0.25, 0.3) is 11.1 Å². The van der Waals surface area contributed by atoms with Crippen LogP contribution < -0.4 is 4.74 Å². The fourth-order valence-electron chi connectivity index (χ4n) is 3.89. The zero-order valence-corrected chi connectivity index (χ0v) is 15.8. The SMILES string of the molecule is CCCCOc1cccc(-c2ccc(C3(C=O)CCCCC3)c(F)c2)c1F. The second kappa shape index (κ2) is 8.64. The summed E-state index contributed by atoms with van der Waals surface area (Å²) in [6.07, 6.45) is 6.97. The summed E-state index contributed by atoms with van der Waals surface area (Å²) in [4.78, 5) is 11.8. The second-order valence-electron chi connectivity index (χ2n) is 7.35. The van der Waals surface area contributed by atoms with E-state index in [9.17, 15) is 13.6 Å². The van der Waals surface area contributed by atoms with Crippen LogP contribution in [0.5, 0.6) is 5.75 Å². The number of halogens is 2. The molecule has 0 aromatic heterocycles. The van der Waals surface area contributed by atoms with E-state index >= 15 is 0 Å². The molecule has 2 nitrogen and oxygen atoms in total. The van der Waals surface area contributed by atoms with Gasteiger partial charge in [0, 0.05) is 11.1 Å². The van der Waals surface area contributed by atoms with Crippen LogP contribution in [0.2, 0.25) is 0 Å². The van der Waals surface area contributed by atoms with Crippen LogP contribution in [0.3, 0.4) is 0 Å². The lowest BCUT2D eigenvalue weighted by molar-refractivity contribution is -0.113. The number of benzene rings is 2. The number of rotatable bonds is 7. The van der Waals surface area contributed by atoms with Crippen molar-refractivity contribution in [2.75, 3.05) is 6.61 Å². The fraction of sp³-hybridized carbons (Fsp3) is 0.435. The normalized spacial score (nSPS) is 16.1. The highest BCUT2D eigenvalue weighted by molar-refractivity contribution is 5.72. The van der Waals surface area contributed by atoms with Crippen molar-refractivity contribution in [2.45, 2.75) is 57.3 Å². The Hall–Kier alpha value is -2.23. The van der Waals surface area contributed by atoms with Gasteiger partial charge in [-0.15, -0.1) is 0 Å². The molecule has 4 heteroatoms. The van der Waals surface area contributed by atoms with E-state index in [0.29, 0.717) is 36.1 Å². The zero-order chi connectivity index (χ0) is 19.3. The molecular formula is C23H26F2O2. The van der Waals surface area contributed by atoms with Gasteiger partial charge in [-0.25, -0.2) is 8.78 Å². The third-order valence-corrected chi connectivity index (χ3v) is 5.51. The first-order valence-corrected chi connectivity index (χ1v) is 9.79. The smallest absolute Gasteiger partial charge is 0.172 e. The summed E-state index contributed by atoms with van der Waals surface area (Å²) in [5.74, 6) is -0.746. The lowest BCUT2D eigenvalue weighted by Gasteiger charge is -2.32. The minimum atomic E-state index is -0.746. The quantitative estimate of drug-likeness (QED) is 0.426. The fourth-order valence-corrected chi connectivity index (χ4v) is 3.89. The summed E-state index contributed by atoms with van der Waals surface area (Å²) in [7, 11) is 0. The van der Waals surface area contributed by atoms with Crippen molar-refractivity contribution >= 4 is 6.29 Å². The first-order chi connectivity index (χ1) is 13.1. The van der Waals surface area contributed by atoms with Crippen molar-refractivity contribution in [3.8, 4) is 16.9 Å². The van der Waals surface area contributed by atoms with Gasteiger partial charge in [0.05, 0.1) is 12.0 Å². The summed E-state index contributed by atoms with van der Waals surface area (Å²) in [5.41, 5.74) is 0.436. The van der Waals surface area contributed by atoms with E-state index in [1.165, 1.54) is 6.07 Å². The van der Waals surface area contributed by atoms with Gasteiger partial charge >= 0.3 is 0 Å². The molecule has 0 spiro atoms. The van der Waals surface area contributed by atoms with Crippen molar-refractivity contribution in [3.05, 3.63) is 53.6 Å². The van der Waals surface area contributed by atoms with Crippen molar-refractivity contribution < 1.29 is 18.3 Å². The van der Waals surface area contributed by atoms with Gasteiger partial charge in [-0.2, -0.15) is 0 Å². The number of hydrogen-bond donors (Lipinski definition) is 0. The maximum absolute atomic E-state index is 14.9. The lowest BCUT2D eigenvalue weighted by Crippen LogP contribution is -2.31. The Morgan fingerprint density at radius 1 is 1.11 bits per heavy atom. The van der Waals surface area contributed by atoms with E-state index in [1.807, 2.05) is 6.92 Å². The summed E-state index contributed by atoms with van der Waals surface area (Å²) in [5, 5.41) is 0. The molecule has 1 saturated carbocycles. The van der Waals surface area contributed by atoms with Gasteiger partial charge < -0.3 is 9.53 Å². The molecule has 3 rings (SSSR count). The number of carbonyl (C=O) groups excluding carboxylic acids is 1. The topological polar surface area (TPSA) is 26.3 Å². The Balaban J connectivity index is 1.92. The summed E-state index contributed by atoms with van der Waals surface area (Å²) in [6, 6.07) is 9.60. The highest BCUT2D eigenvalue weighted by Crippen LogP contribution is 2.40. The number of ether oxygens (including phenoxy) is 1. The van der Waals surface area contributed by atoms with E-state index in [2.05, 4.69) is 0 Å². The van der Waals surface area contributed by atoms with Crippen molar-refractivity contribution in [1.82, 2.24) is 0 Å². The molecule has 1 fully saturated rings. The third kappa shape index (κ3) is 4.05. The standard InChI is InChI=1S/C23H26F2O2/c1-2-3-14-27-21-9-7-8-18(22(21)25)17-10-11-19(20(24)15-17)23(16-26)12-5-4-6-13-23/h7-11,15-16H,2-6,12-14H2,1H3. The van der Waals surface area contributed by atoms with Crippen LogP contribution >= 0.6 is 0 Å². The molecule has 0 heterocycles. The van der Waals surface area contributed by atoms with Crippen LogP contribution in [0.4, 0.5) is 8.78 Å². The highest BCUT2D eigenvalue weighted by Gasteiger charge is 2.36. The first kappa shape index (κ1) is 19.5.